The van der Waals surface area contributed by atoms with Crippen molar-refractivity contribution in [3.05, 3.63) is 17.8 Å². The van der Waals surface area contributed by atoms with Gasteiger partial charge in [0.05, 0.1) is 0 Å². The van der Waals surface area contributed by atoms with Gasteiger partial charge in [0.25, 0.3) is 5.91 Å². The fourth-order valence-corrected chi connectivity index (χ4v) is 1.65. The van der Waals surface area contributed by atoms with Crippen molar-refractivity contribution in [2.75, 3.05) is 11.9 Å². The van der Waals surface area contributed by atoms with E-state index in [1.165, 1.54) is 0 Å². The van der Waals surface area contributed by atoms with Gasteiger partial charge in [-0.25, -0.2) is 0 Å². The summed E-state index contributed by atoms with van der Waals surface area (Å²) in [6, 6.07) is 3.28. The van der Waals surface area contributed by atoms with Gasteiger partial charge in [-0.05, 0) is 32.4 Å². The highest BCUT2D eigenvalue weighted by Crippen LogP contribution is 2.09. The Morgan fingerprint density at radius 2 is 2.00 bits per heavy atom. The fraction of sp³-hybridized carbons (Fsp3) is 0.538. The smallest absolute Gasteiger partial charge is 0.272 e. The number of nitrogens with one attached hydrogen (secondary N) is 2. The van der Waals surface area contributed by atoms with Crippen molar-refractivity contribution < 1.29 is 9.59 Å². The largest absolute Gasteiger partial charge is 0.370 e. The predicted octanol–water partition coefficient (Wildman–Crippen LogP) is 0.682. The molecule has 0 bridgehead atoms. The molecule has 4 N–H and O–H groups in total. The normalized spacial score (nSPS) is 10.9. The maximum atomic E-state index is 12.0. The highest BCUT2D eigenvalue weighted by Gasteiger charge is 2.24. The Kier molecular flexibility index (Phi) is 5.42. The van der Waals surface area contributed by atoms with Gasteiger partial charge in [0.15, 0.2) is 5.69 Å². The molecule has 0 aliphatic rings. The van der Waals surface area contributed by atoms with Crippen molar-refractivity contribution in [2.45, 2.75) is 39.2 Å². The van der Waals surface area contributed by atoms with Gasteiger partial charge in [0.2, 0.25) is 5.91 Å². The number of carbonyl (C=O) groups is 2. The van der Waals surface area contributed by atoms with Crippen LogP contribution in [0, 0.1) is 0 Å². The number of primary amides is 1. The zero-order valence-corrected chi connectivity index (χ0v) is 12.1. The van der Waals surface area contributed by atoms with E-state index in [0.717, 1.165) is 13.0 Å². The van der Waals surface area contributed by atoms with Gasteiger partial charge in [-0.15, -0.1) is 10.2 Å². The van der Waals surface area contributed by atoms with Crippen molar-refractivity contribution in [3.8, 4) is 0 Å². The summed E-state index contributed by atoms with van der Waals surface area (Å²) in [4.78, 5) is 22.9. The molecule has 1 heterocycles. The molecule has 7 nitrogen and oxygen atoms in total. The summed E-state index contributed by atoms with van der Waals surface area (Å²) in [6.07, 6.45) is 1.04. The van der Waals surface area contributed by atoms with Crippen LogP contribution in [0.15, 0.2) is 12.1 Å². The number of anilines is 1. The van der Waals surface area contributed by atoms with Crippen LogP contribution in [0.3, 0.4) is 0 Å². The van der Waals surface area contributed by atoms with Gasteiger partial charge in [-0.2, -0.15) is 0 Å². The Labute approximate surface area is 118 Å². The third kappa shape index (κ3) is 5.21. The lowest BCUT2D eigenvalue weighted by atomic mass is 10.00. The number of hydrogen-bond acceptors (Lipinski definition) is 5. The van der Waals surface area contributed by atoms with E-state index in [1.807, 2.05) is 6.92 Å². The Morgan fingerprint density at radius 1 is 1.30 bits per heavy atom. The van der Waals surface area contributed by atoms with Crippen LogP contribution in [0.25, 0.3) is 0 Å². The Bertz CT molecular complexity index is 470. The monoisotopic (exact) mass is 279 g/mol. The van der Waals surface area contributed by atoms with Crippen LogP contribution in [0.2, 0.25) is 0 Å². The van der Waals surface area contributed by atoms with E-state index in [1.54, 1.807) is 26.0 Å². The molecule has 0 radical (unpaired) electrons. The van der Waals surface area contributed by atoms with Crippen molar-refractivity contribution >= 4 is 17.6 Å². The summed E-state index contributed by atoms with van der Waals surface area (Å²) in [5.74, 6) is -0.230. The molecule has 0 fully saturated rings. The SMILES string of the molecule is CCCNc1ccc(C(=O)NC(C)(C)CC(N)=O)nn1. The van der Waals surface area contributed by atoms with Crippen molar-refractivity contribution in [1.82, 2.24) is 15.5 Å². The van der Waals surface area contributed by atoms with Gasteiger partial charge in [-0.1, -0.05) is 6.92 Å². The lowest BCUT2D eigenvalue weighted by molar-refractivity contribution is -0.119. The average Bonchev–Trinajstić information content (AvgIpc) is 2.34. The van der Waals surface area contributed by atoms with E-state index in [-0.39, 0.29) is 18.0 Å². The Morgan fingerprint density at radius 3 is 2.50 bits per heavy atom. The molecule has 0 saturated heterocycles. The molecule has 0 spiro atoms. The highest BCUT2D eigenvalue weighted by atomic mass is 16.2. The highest BCUT2D eigenvalue weighted by molar-refractivity contribution is 5.93. The quantitative estimate of drug-likeness (QED) is 0.680. The maximum Gasteiger partial charge on any atom is 0.272 e. The van der Waals surface area contributed by atoms with E-state index in [0.29, 0.717) is 5.82 Å². The molecule has 0 aliphatic carbocycles. The molecule has 0 aliphatic heterocycles. The van der Waals surface area contributed by atoms with Crippen LogP contribution in [0.4, 0.5) is 5.82 Å². The molecule has 1 aromatic rings. The molecule has 0 aromatic carbocycles. The Balaban J connectivity index is 2.65. The summed E-state index contributed by atoms with van der Waals surface area (Å²) >= 11 is 0. The van der Waals surface area contributed by atoms with Crippen molar-refractivity contribution in [1.29, 1.82) is 0 Å². The average molecular weight is 279 g/mol. The first-order valence-corrected chi connectivity index (χ1v) is 6.52. The first-order chi connectivity index (χ1) is 9.34. The third-order valence-electron chi connectivity index (χ3n) is 2.52. The van der Waals surface area contributed by atoms with Crippen LogP contribution in [0.5, 0.6) is 0 Å². The van der Waals surface area contributed by atoms with Crippen LogP contribution in [-0.4, -0.2) is 34.1 Å². The summed E-state index contributed by atoms with van der Waals surface area (Å²) in [5.41, 5.74) is 4.61. The molecule has 7 heteroatoms. The number of nitrogens with zero attached hydrogens (tertiary/aromatic N) is 2. The van der Waals surface area contributed by atoms with E-state index < -0.39 is 11.4 Å². The second-order valence-electron chi connectivity index (χ2n) is 5.21. The summed E-state index contributed by atoms with van der Waals surface area (Å²) < 4.78 is 0. The van der Waals surface area contributed by atoms with Gasteiger partial charge < -0.3 is 16.4 Å². The lowest BCUT2D eigenvalue weighted by Gasteiger charge is -2.24. The molecule has 0 unspecified atom stereocenters. The van der Waals surface area contributed by atoms with E-state index in [2.05, 4.69) is 20.8 Å². The van der Waals surface area contributed by atoms with Crippen LogP contribution < -0.4 is 16.4 Å². The molecule has 1 rings (SSSR count). The maximum absolute atomic E-state index is 12.0. The molecule has 0 atom stereocenters. The van der Waals surface area contributed by atoms with E-state index in [4.69, 9.17) is 5.73 Å². The van der Waals surface area contributed by atoms with Gasteiger partial charge >= 0.3 is 0 Å². The van der Waals surface area contributed by atoms with Crippen molar-refractivity contribution in [3.63, 3.8) is 0 Å². The number of nitrogens with two attached hydrogens (primary N) is 1. The number of hydrogen-bond donors (Lipinski definition) is 3. The van der Waals surface area contributed by atoms with E-state index >= 15 is 0 Å². The second-order valence-corrected chi connectivity index (χ2v) is 5.21. The zero-order valence-electron chi connectivity index (χ0n) is 12.1. The minimum atomic E-state index is -0.719. The number of rotatable bonds is 7. The Hall–Kier alpha value is -2.18. The number of carbonyl (C=O) groups excluding carboxylic acids is 2. The third-order valence-corrected chi connectivity index (χ3v) is 2.52. The number of aromatic nitrogens is 2. The van der Waals surface area contributed by atoms with Gasteiger partial charge in [0.1, 0.15) is 5.82 Å². The summed E-state index contributed by atoms with van der Waals surface area (Å²) in [7, 11) is 0. The molecular formula is C13H21N5O2. The van der Waals surface area contributed by atoms with Gasteiger partial charge in [-0.3, -0.25) is 9.59 Å². The lowest BCUT2D eigenvalue weighted by Crippen LogP contribution is -2.46. The molecule has 110 valence electrons. The number of amides is 2. The van der Waals surface area contributed by atoms with Crippen LogP contribution in [0.1, 0.15) is 44.1 Å². The van der Waals surface area contributed by atoms with Gasteiger partial charge in [0, 0.05) is 18.5 Å². The molecule has 2 amide bonds. The topological polar surface area (TPSA) is 110 Å². The predicted molar refractivity (Wildman–Crippen MR) is 76.2 cm³/mol. The zero-order chi connectivity index (χ0) is 15.2. The first kappa shape index (κ1) is 15.9. The molecule has 20 heavy (non-hydrogen) atoms. The minimum absolute atomic E-state index is 0.0578. The summed E-state index contributed by atoms with van der Waals surface area (Å²) in [5, 5.41) is 13.5. The molecular weight excluding hydrogens is 258 g/mol. The standard InChI is InChI=1S/C13H21N5O2/c1-4-7-15-11-6-5-9(17-18-11)12(20)16-13(2,3)8-10(14)19/h5-6H,4,7-8H2,1-3H3,(H2,14,19)(H,15,18)(H,16,20). The van der Waals surface area contributed by atoms with Crippen molar-refractivity contribution in [2.24, 2.45) is 5.73 Å². The minimum Gasteiger partial charge on any atom is -0.370 e. The van der Waals surface area contributed by atoms with E-state index in [9.17, 15) is 9.59 Å². The fourth-order valence-electron chi connectivity index (χ4n) is 1.65. The summed E-state index contributed by atoms with van der Waals surface area (Å²) in [6.45, 7) is 6.29. The molecule has 0 saturated carbocycles. The second kappa shape index (κ2) is 6.83. The van der Waals surface area contributed by atoms with Crippen LogP contribution in [-0.2, 0) is 4.79 Å². The molecule has 1 aromatic heterocycles. The first-order valence-electron chi connectivity index (χ1n) is 6.52. The van der Waals surface area contributed by atoms with Crippen LogP contribution >= 0.6 is 0 Å².